The van der Waals surface area contributed by atoms with Gasteiger partial charge in [-0.2, -0.15) is 8.78 Å². The molecule has 0 aliphatic carbocycles. The highest BCUT2D eigenvalue weighted by Gasteiger charge is 2.30. The molecule has 56 valence electrons. The zero-order chi connectivity index (χ0) is 7.49. The lowest BCUT2D eigenvalue weighted by molar-refractivity contribution is -0.189. The predicted octanol–water partition coefficient (Wildman–Crippen LogP) is 1.55. The maximum absolute atomic E-state index is 11.8. The fourth-order valence-corrected chi connectivity index (χ4v) is 1.13. The molecule has 0 radical (unpaired) electrons. The van der Waals surface area contributed by atoms with Crippen LogP contribution in [0.5, 0.6) is 0 Å². The average Bonchev–Trinajstić information content (AvgIpc) is 1.63. The third-order valence-corrected chi connectivity index (χ3v) is 1.38. The van der Waals surface area contributed by atoms with E-state index in [9.17, 15) is 13.2 Å². The van der Waals surface area contributed by atoms with E-state index in [0.29, 0.717) is 0 Å². The zero-order valence-electron chi connectivity index (χ0n) is 5.33. The van der Waals surface area contributed by atoms with Gasteiger partial charge in [-0.05, 0) is 13.1 Å². The number of halogens is 3. The molecule has 0 saturated carbocycles. The molecular weight excluding hydrogens is 149 g/mol. The Morgan fingerprint density at radius 2 is 1.89 bits per heavy atom. The van der Waals surface area contributed by atoms with Crippen LogP contribution in [-0.4, -0.2) is 21.8 Å². The van der Waals surface area contributed by atoms with Crippen LogP contribution in [0.2, 0.25) is 13.1 Å². The summed E-state index contributed by atoms with van der Waals surface area (Å²) in [5.74, 6) is 0. The van der Waals surface area contributed by atoms with Crippen molar-refractivity contribution >= 4 is 9.04 Å². The van der Waals surface area contributed by atoms with Crippen molar-refractivity contribution in [1.29, 1.82) is 0 Å². The van der Waals surface area contributed by atoms with Gasteiger partial charge in [0.15, 0.2) is 15.7 Å². The van der Waals surface area contributed by atoms with E-state index >= 15 is 0 Å². The first kappa shape index (κ1) is 8.97. The maximum Gasteiger partial charge on any atom is 0.375 e. The van der Waals surface area contributed by atoms with Crippen LogP contribution in [-0.2, 0) is 4.43 Å². The highest BCUT2D eigenvalue weighted by Crippen LogP contribution is 2.16. The molecule has 0 amide bonds. The van der Waals surface area contributed by atoms with Crippen molar-refractivity contribution in [2.45, 2.75) is 19.2 Å². The van der Waals surface area contributed by atoms with E-state index in [0.717, 1.165) is 0 Å². The van der Waals surface area contributed by atoms with Crippen LogP contribution >= 0.6 is 0 Å². The van der Waals surface area contributed by atoms with Gasteiger partial charge in [-0.3, -0.25) is 0 Å². The zero-order valence-corrected chi connectivity index (χ0v) is 6.48. The Morgan fingerprint density at radius 1 is 1.44 bits per heavy atom. The molecule has 0 atom stereocenters. The van der Waals surface area contributed by atoms with E-state index in [-0.39, 0.29) is 0 Å². The van der Waals surface area contributed by atoms with Gasteiger partial charge in [0.25, 0.3) is 0 Å². The van der Waals surface area contributed by atoms with Gasteiger partial charge in [-0.25, -0.2) is 4.39 Å². The van der Waals surface area contributed by atoms with E-state index in [1.807, 2.05) is 0 Å². The molecule has 9 heavy (non-hydrogen) atoms. The monoisotopic (exact) mass is 158 g/mol. The lowest BCUT2D eigenvalue weighted by atomic mass is 10.7. The Balaban J connectivity index is 3.58. The lowest BCUT2D eigenvalue weighted by Gasteiger charge is -2.14. The van der Waals surface area contributed by atoms with E-state index in [1.165, 1.54) is 0 Å². The van der Waals surface area contributed by atoms with Gasteiger partial charge < -0.3 is 4.43 Å². The summed E-state index contributed by atoms with van der Waals surface area (Å²) in [5.41, 5.74) is 0. The normalized spacial score (nSPS) is 12.7. The Bertz CT molecular complexity index is 85.9. The van der Waals surface area contributed by atoms with Crippen LogP contribution in [0.15, 0.2) is 0 Å². The number of hydrogen-bond donors (Lipinski definition) is 0. The molecule has 0 aromatic heterocycles. The van der Waals surface area contributed by atoms with Crippen LogP contribution < -0.4 is 0 Å². The molecule has 0 N–H and O–H groups in total. The summed E-state index contributed by atoms with van der Waals surface area (Å²) in [7, 11) is -1.80. The molecule has 5 heteroatoms. The summed E-state index contributed by atoms with van der Waals surface area (Å²) in [4.78, 5) is 0. The molecule has 0 heterocycles. The van der Waals surface area contributed by atoms with E-state index < -0.39 is 21.8 Å². The SMILES string of the molecule is C[SiH](C)OC(F)(F)CF. The maximum atomic E-state index is 11.8. The first-order valence-corrected chi connectivity index (χ1v) is 5.37. The summed E-state index contributed by atoms with van der Waals surface area (Å²) in [6, 6.07) is 0. The average molecular weight is 158 g/mol. The van der Waals surface area contributed by atoms with Gasteiger partial charge in [0.05, 0.1) is 0 Å². The fraction of sp³-hybridized carbons (Fsp3) is 1.00. The minimum Gasteiger partial charge on any atom is -0.364 e. The van der Waals surface area contributed by atoms with Gasteiger partial charge in [-0.1, -0.05) is 0 Å². The summed E-state index contributed by atoms with van der Waals surface area (Å²) in [6.45, 7) is 1.39. The standard InChI is InChI=1S/C4H9F3OSi/c1-9(2)8-4(6,7)3-5/h9H,3H2,1-2H3. The van der Waals surface area contributed by atoms with Gasteiger partial charge in [0.2, 0.25) is 0 Å². The van der Waals surface area contributed by atoms with Gasteiger partial charge in [-0.15, -0.1) is 0 Å². The second kappa shape index (κ2) is 3.22. The quantitative estimate of drug-likeness (QED) is 0.566. The summed E-state index contributed by atoms with van der Waals surface area (Å²) < 4.78 is 39.0. The summed E-state index contributed by atoms with van der Waals surface area (Å²) >= 11 is 0. The second-order valence-corrected chi connectivity index (χ2v) is 4.27. The van der Waals surface area contributed by atoms with Crippen LogP contribution in [0.4, 0.5) is 13.2 Å². The van der Waals surface area contributed by atoms with Crippen LogP contribution in [0.1, 0.15) is 0 Å². The molecule has 0 aromatic rings. The minimum absolute atomic E-state index is 1.56. The van der Waals surface area contributed by atoms with Crippen LogP contribution in [0.3, 0.4) is 0 Å². The number of hydrogen-bond acceptors (Lipinski definition) is 1. The first-order chi connectivity index (χ1) is 3.98. The first-order valence-electron chi connectivity index (χ1n) is 2.59. The van der Waals surface area contributed by atoms with Gasteiger partial charge in [0.1, 0.15) is 0 Å². The topological polar surface area (TPSA) is 9.23 Å². The molecule has 0 fully saturated rings. The molecule has 0 unspecified atom stereocenters. The van der Waals surface area contributed by atoms with Gasteiger partial charge in [0, 0.05) is 0 Å². The molecule has 0 bridgehead atoms. The Kier molecular flexibility index (Phi) is 3.20. The van der Waals surface area contributed by atoms with Crippen molar-refractivity contribution in [3.63, 3.8) is 0 Å². The molecule has 1 nitrogen and oxygen atoms in total. The Labute approximate surface area is 53.5 Å². The molecule has 0 aliphatic rings. The summed E-state index contributed by atoms with van der Waals surface area (Å²) in [5, 5.41) is 0. The molecule has 0 rings (SSSR count). The van der Waals surface area contributed by atoms with E-state index in [4.69, 9.17) is 0 Å². The molecule has 0 saturated heterocycles. The molecule has 0 aromatic carbocycles. The van der Waals surface area contributed by atoms with E-state index in [1.54, 1.807) is 13.1 Å². The minimum atomic E-state index is -3.54. The second-order valence-electron chi connectivity index (χ2n) is 1.94. The summed E-state index contributed by atoms with van der Waals surface area (Å²) in [6.07, 6.45) is -3.54. The molecule has 0 spiro atoms. The van der Waals surface area contributed by atoms with Crippen molar-refractivity contribution in [2.24, 2.45) is 0 Å². The Morgan fingerprint density at radius 3 is 2.00 bits per heavy atom. The fourth-order valence-electron chi connectivity index (χ4n) is 0.376. The highest BCUT2D eigenvalue weighted by molar-refractivity contribution is 6.48. The smallest absolute Gasteiger partial charge is 0.364 e. The van der Waals surface area contributed by atoms with Crippen LogP contribution in [0, 0.1) is 0 Å². The largest absolute Gasteiger partial charge is 0.375 e. The number of rotatable bonds is 3. The molecular formula is C4H9F3OSi. The van der Waals surface area contributed by atoms with Crippen molar-refractivity contribution in [1.82, 2.24) is 0 Å². The highest BCUT2D eigenvalue weighted by atomic mass is 28.3. The Hall–Kier alpha value is -0.0331. The molecule has 0 aliphatic heterocycles. The van der Waals surface area contributed by atoms with Crippen molar-refractivity contribution in [2.75, 3.05) is 6.67 Å². The van der Waals surface area contributed by atoms with Crippen molar-refractivity contribution in [3.8, 4) is 0 Å². The number of alkyl halides is 3. The van der Waals surface area contributed by atoms with Crippen molar-refractivity contribution < 1.29 is 17.6 Å². The predicted molar refractivity (Wildman–Crippen MR) is 30.9 cm³/mol. The van der Waals surface area contributed by atoms with E-state index in [2.05, 4.69) is 4.43 Å². The lowest BCUT2D eigenvalue weighted by Crippen LogP contribution is -2.29. The third-order valence-electron chi connectivity index (χ3n) is 0.564. The third kappa shape index (κ3) is 4.47. The van der Waals surface area contributed by atoms with Crippen molar-refractivity contribution in [3.05, 3.63) is 0 Å². The van der Waals surface area contributed by atoms with Crippen LogP contribution in [0.25, 0.3) is 0 Å². The van der Waals surface area contributed by atoms with Gasteiger partial charge >= 0.3 is 6.11 Å².